The molecule has 0 fully saturated rings. The molecule has 0 aliphatic heterocycles. The van der Waals surface area contributed by atoms with Crippen LogP contribution in [-0.4, -0.2) is 0 Å². The predicted octanol–water partition coefficient (Wildman–Crippen LogP) is 6.06. The number of rotatable bonds is 2. The van der Waals surface area contributed by atoms with Gasteiger partial charge in [-0.25, -0.2) is 0 Å². The molecule has 1 N–H and O–H groups in total. The van der Waals surface area contributed by atoms with Crippen molar-refractivity contribution in [2.24, 2.45) is 0 Å². The Hall–Kier alpha value is -0.590. The first kappa shape index (κ1) is 13.1. The van der Waals surface area contributed by atoms with Gasteiger partial charge in [-0.05, 0) is 88.5 Å². The molecule has 0 spiro atoms. The van der Waals surface area contributed by atoms with Crippen molar-refractivity contribution in [3.63, 3.8) is 0 Å². The monoisotopic (exact) mass is 411 g/mol. The van der Waals surface area contributed by atoms with Gasteiger partial charge in [0.1, 0.15) is 0 Å². The van der Waals surface area contributed by atoms with E-state index >= 15 is 0 Å². The van der Waals surface area contributed by atoms with Gasteiger partial charge in [0.25, 0.3) is 0 Å². The molecule has 1 aliphatic rings. The van der Waals surface area contributed by atoms with Gasteiger partial charge >= 0.3 is 0 Å². The van der Waals surface area contributed by atoms with E-state index in [0.29, 0.717) is 6.04 Å². The van der Waals surface area contributed by atoms with Crippen LogP contribution >= 0.6 is 45.3 Å². The molecule has 1 unspecified atom stereocenters. The molecule has 0 saturated carbocycles. The zero-order valence-corrected chi connectivity index (χ0v) is 14.6. The number of hydrogen-bond donors (Lipinski definition) is 1. The maximum Gasteiger partial charge on any atom is 0.0660 e. The lowest BCUT2D eigenvalue weighted by molar-refractivity contribution is 0.609. The van der Waals surface area contributed by atoms with E-state index in [1.165, 1.54) is 43.5 Å². The van der Waals surface area contributed by atoms with Crippen molar-refractivity contribution in [3.8, 4) is 0 Å². The number of aryl methyl sites for hydroxylation is 1. The molecule has 1 atom stereocenters. The van der Waals surface area contributed by atoms with Crippen molar-refractivity contribution in [3.05, 3.63) is 49.0 Å². The normalized spacial score (nSPS) is 18.1. The summed E-state index contributed by atoms with van der Waals surface area (Å²) in [4.78, 5) is 1.58. The van der Waals surface area contributed by atoms with Crippen LogP contribution in [0.1, 0.15) is 29.3 Å². The Balaban J connectivity index is 1.65. The number of nitrogens with one attached hydrogen (secondary N) is 1. The lowest BCUT2D eigenvalue weighted by atomic mass is 9.94. The van der Waals surface area contributed by atoms with E-state index in [2.05, 4.69) is 63.6 Å². The summed E-state index contributed by atoms with van der Waals surface area (Å²) in [5.41, 5.74) is 2.77. The van der Waals surface area contributed by atoms with E-state index in [1.807, 2.05) is 11.3 Å². The van der Waals surface area contributed by atoms with Crippen molar-refractivity contribution in [1.29, 1.82) is 0 Å². The fourth-order valence-corrected chi connectivity index (χ4v) is 5.82. The molecule has 2 aromatic heterocycles. The molecule has 102 valence electrons. The van der Waals surface area contributed by atoms with Gasteiger partial charge in [0.15, 0.2) is 0 Å². The molecule has 1 nitrogen and oxygen atoms in total. The van der Waals surface area contributed by atoms with Crippen molar-refractivity contribution in [2.45, 2.75) is 25.3 Å². The molecule has 20 heavy (non-hydrogen) atoms. The van der Waals surface area contributed by atoms with Crippen LogP contribution in [0.15, 0.2) is 35.7 Å². The van der Waals surface area contributed by atoms with E-state index < -0.39 is 0 Å². The first-order valence-electron chi connectivity index (χ1n) is 6.81. The topological polar surface area (TPSA) is 12.0 Å². The largest absolute Gasteiger partial charge is 0.378 e. The molecule has 1 aliphatic carbocycles. The second-order valence-corrected chi connectivity index (χ2v) is 9.17. The Morgan fingerprint density at radius 3 is 3.10 bits per heavy atom. The fourth-order valence-electron chi connectivity index (χ4n) is 2.93. The summed E-state index contributed by atoms with van der Waals surface area (Å²) in [6.07, 6.45) is 3.79. The molecule has 0 radical (unpaired) electrons. The van der Waals surface area contributed by atoms with Crippen molar-refractivity contribution < 1.29 is 0 Å². The number of benzene rings is 1. The molecule has 0 bridgehead atoms. The third-order valence-electron chi connectivity index (χ3n) is 3.88. The van der Waals surface area contributed by atoms with Gasteiger partial charge < -0.3 is 5.32 Å². The fraction of sp³-hybridized carbons (Fsp3) is 0.250. The van der Waals surface area contributed by atoms with E-state index in [-0.39, 0.29) is 0 Å². The van der Waals surface area contributed by atoms with Crippen molar-refractivity contribution in [1.82, 2.24) is 0 Å². The Kier molecular flexibility index (Phi) is 3.48. The molecule has 1 aromatic carbocycles. The Morgan fingerprint density at radius 2 is 2.15 bits per heavy atom. The SMILES string of the molecule is Ic1cc2c(s1)CCCC2Nc1ccc2sccc2c1. The second-order valence-electron chi connectivity index (χ2n) is 5.19. The highest BCUT2D eigenvalue weighted by Gasteiger charge is 2.22. The maximum absolute atomic E-state index is 3.74. The molecule has 2 heterocycles. The maximum atomic E-state index is 3.74. The van der Waals surface area contributed by atoms with Gasteiger partial charge in [0.2, 0.25) is 0 Å². The number of anilines is 1. The Bertz CT molecular complexity index is 759. The van der Waals surface area contributed by atoms with Gasteiger partial charge in [-0.3, -0.25) is 0 Å². The van der Waals surface area contributed by atoms with E-state index in [9.17, 15) is 0 Å². The molecule has 4 heteroatoms. The minimum absolute atomic E-state index is 0.481. The lowest BCUT2D eigenvalue weighted by Gasteiger charge is -2.24. The standard InChI is InChI=1S/C16H14INS2/c17-16-9-12-13(2-1-3-15(12)20-16)18-11-4-5-14-10(8-11)6-7-19-14/h4-9,13,18H,1-3H2. The van der Waals surface area contributed by atoms with E-state index in [0.717, 1.165) is 0 Å². The first-order valence-corrected chi connectivity index (χ1v) is 9.59. The summed E-state index contributed by atoms with van der Waals surface area (Å²) in [5, 5.41) is 7.24. The molecule has 4 rings (SSSR count). The third kappa shape index (κ3) is 2.38. The molecule has 0 saturated heterocycles. The Labute approximate surface area is 140 Å². The number of thiophene rings is 2. The van der Waals surface area contributed by atoms with Gasteiger partial charge in [-0.2, -0.15) is 0 Å². The zero-order chi connectivity index (χ0) is 13.5. The van der Waals surface area contributed by atoms with Crippen LogP contribution in [0.5, 0.6) is 0 Å². The van der Waals surface area contributed by atoms with Crippen LogP contribution in [0.25, 0.3) is 10.1 Å². The van der Waals surface area contributed by atoms with Crippen LogP contribution in [0.2, 0.25) is 0 Å². The van der Waals surface area contributed by atoms with Gasteiger partial charge in [-0.1, -0.05) is 0 Å². The van der Waals surface area contributed by atoms with Gasteiger partial charge in [0, 0.05) is 15.3 Å². The Morgan fingerprint density at radius 1 is 1.20 bits per heavy atom. The van der Waals surface area contributed by atoms with Gasteiger partial charge in [0.05, 0.1) is 8.93 Å². The minimum Gasteiger partial charge on any atom is -0.378 e. The zero-order valence-electron chi connectivity index (χ0n) is 10.9. The average molecular weight is 411 g/mol. The average Bonchev–Trinajstić information content (AvgIpc) is 3.04. The van der Waals surface area contributed by atoms with E-state index in [1.54, 1.807) is 16.2 Å². The van der Waals surface area contributed by atoms with Crippen molar-refractivity contribution in [2.75, 3.05) is 5.32 Å². The minimum atomic E-state index is 0.481. The summed E-state index contributed by atoms with van der Waals surface area (Å²) in [6.45, 7) is 0. The molecule has 0 amide bonds. The third-order valence-corrected chi connectivity index (χ3v) is 6.75. The number of halogens is 1. The predicted molar refractivity (Wildman–Crippen MR) is 98.2 cm³/mol. The summed E-state index contributed by atoms with van der Waals surface area (Å²) in [6, 6.07) is 11.8. The number of hydrogen-bond acceptors (Lipinski definition) is 3. The highest BCUT2D eigenvalue weighted by Crippen LogP contribution is 2.38. The second kappa shape index (κ2) is 5.31. The van der Waals surface area contributed by atoms with E-state index in [4.69, 9.17) is 0 Å². The van der Waals surface area contributed by atoms with Crippen LogP contribution in [0.3, 0.4) is 0 Å². The summed E-state index contributed by atoms with van der Waals surface area (Å²) in [7, 11) is 0. The number of fused-ring (bicyclic) bond motifs is 2. The summed E-state index contributed by atoms with van der Waals surface area (Å²) in [5.74, 6) is 0. The molecule has 3 aromatic rings. The smallest absolute Gasteiger partial charge is 0.0660 e. The first-order chi connectivity index (χ1) is 9.79. The summed E-state index contributed by atoms with van der Waals surface area (Å²) >= 11 is 6.21. The van der Waals surface area contributed by atoms with Crippen LogP contribution in [0.4, 0.5) is 5.69 Å². The molecular weight excluding hydrogens is 397 g/mol. The summed E-state index contributed by atoms with van der Waals surface area (Å²) < 4.78 is 2.78. The van der Waals surface area contributed by atoms with Crippen molar-refractivity contribution >= 4 is 61.0 Å². The lowest BCUT2D eigenvalue weighted by Crippen LogP contribution is -2.15. The highest BCUT2D eigenvalue weighted by atomic mass is 127. The van der Waals surface area contributed by atoms with Gasteiger partial charge in [-0.15, -0.1) is 22.7 Å². The van der Waals surface area contributed by atoms with Crippen LogP contribution in [0, 0.1) is 2.88 Å². The van der Waals surface area contributed by atoms with Crippen LogP contribution in [-0.2, 0) is 6.42 Å². The van der Waals surface area contributed by atoms with Crippen LogP contribution < -0.4 is 5.32 Å². The highest BCUT2D eigenvalue weighted by molar-refractivity contribution is 14.1. The molecular formula is C16H14INS2. The quantitative estimate of drug-likeness (QED) is 0.506.